The van der Waals surface area contributed by atoms with Crippen molar-refractivity contribution in [2.75, 3.05) is 31.7 Å². The molecule has 3 nitrogen and oxygen atoms in total. The maximum Gasteiger partial charge on any atom is 0.0587 e. The molecule has 0 spiro atoms. The first kappa shape index (κ1) is 17.0. The largest absolute Gasteiger partial charge is 0.383 e. The van der Waals surface area contributed by atoms with Gasteiger partial charge in [0.15, 0.2) is 0 Å². The Morgan fingerprint density at radius 3 is 2.65 bits per heavy atom. The molecule has 0 amide bonds. The molecular weight excluding hydrogens is 248 g/mol. The SMILES string of the molecule is CCC(C)N(CC)c1ccc(C)cc1CNCCOC. The van der Waals surface area contributed by atoms with E-state index in [2.05, 4.69) is 56.1 Å². The van der Waals surface area contributed by atoms with Crippen molar-refractivity contribution < 1.29 is 4.74 Å². The summed E-state index contributed by atoms with van der Waals surface area (Å²) in [5.74, 6) is 0. The van der Waals surface area contributed by atoms with E-state index in [0.29, 0.717) is 6.04 Å². The lowest BCUT2D eigenvalue weighted by atomic mass is 10.1. The smallest absolute Gasteiger partial charge is 0.0587 e. The number of benzene rings is 1. The van der Waals surface area contributed by atoms with Gasteiger partial charge in [-0.25, -0.2) is 0 Å². The number of ether oxygens (including phenoxy) is 1. The monoisotopic (exact) mass is 278 g/mol. The summed E-state index contributed by atoms with van der Waals surface area (Å²) in [5, 5.41) is 3.45. The molecule has 1 aromatic rings. The van der Waals surface area contributed by atoms with Gasteiger partial charge in [-0.05, 0) is 38.8 Å². The lowest BCUT2D eigenvalue weighted by Gasteiger charge is -2.31. The molecule has 1 aromatic carbocycles. The van der Waals surface area contributed by atoms with E-state index in [-0.39, 0.29) is 0 Å². The molecule has 1 atom stereocenters. The van der Waals surface area contributed by atoms with Crippen molar-refractivity contribution in [2.45, 2.75) is 46.7 Å². The maximum absolute atomic E-state index is 5.09. The minimum absolute atomic E-state index is 0.570. The summed E-state index contributed by atoms with van der Waals surface area (Å²) in [7, 11) is 1.74. The van der Waals surface area contributed by atoms with E-state index in [1.165, 1.54) is 16.8 Å². The number of methoxy groups -OCH3 is 1. The molecule has 0 bridgehead atoms. The molecule has 1 unspecified atom stereocenters. The van der Waals surface area contributed by atoms with Crippen molar-refractivity contribution in [3.8, 4) is 0 Å². The normalized spacial score (nSPS) is 12.4. The molecule has 0 radical (unpaired) electrons. The fourth-order valence-corrected chi connectivity index (χ4v) is 2.47. The Balaban J connectivity index is 2.87. The van der Waals surface area contributed by atoms with Crippen molar-refractivity contribution in [1.29, 1.82) is 0 Å². The van der Waals surface area contributed by atoms with Gasteiger partial charge in [-0.3, -0.25) is 0 Å². The highest BCUT2D eigenvalue weighted by atomic mass is 16.5. The Morgan fingerprint density at radius 2 is 2.05 bits per heavy atom. The van der Waals surface area contributed by atoms with Crippen LogP contribution in [0.15, 0.2) is 18.2 Å². The molecule has 0 saturated carbocycles. The average Bonchev–Trinajstić information content (AvgIpc) is 2.46. The maximum atomic E-state index is 5.09. The second-order valence-electron chi connectivity index (χ2n) is 5.35. The third-order valence-corrected chi connectivity index (χ3v) is 3.81. The Bertz CT molecular complexity index is 393. The van der Waals surface area contributed by atoms with E-state index in [9.17, 15) is 0 Å². The summed E-state index contributed by atoms with van der Waals surface area (Å²) in [4.78, 5) is 2.49. The predicted molar refractivity (Wildman–Crippen MR) is 87.5 cm³/mol. The number of anilines is 1. The van der Waals surface area contributed by atoms with Gasteiger partial charge in [0, 0.05) is 38.5 Å². The van der Waals surface area contributed by atoms with E-state index in [1.54, 1.807) is 7.11 Å². The minimum atomic E-state index is 0.570. The summed E-state index contributed by atoms with van der Waals surface area (Å²) in [6, 6.07) is 7.33. The molecule has 3 heteroatoms. The fraction of sp³-hybridized carbons (Fsp3) is 0.647. The van der Waals surface area contributed by atoms with E-state index in [0.717, 1.165) is 32.7 Å². The van der Waals surface area contributed by atoms with Crippen LogP contribution < -0.4 is 10.2 Å². The van der Waals surface area contributed by atoms with Gasteiger partial charge >= 0.3 is 0 Å². The molecular formula is C17H30N2O. The van der Waals surface area contributed by atoms with Gasteiger partial charge in [0.1, 0.15) is 0 Å². The van der Waals surface area contributed by atoms with Gasteiger partial charge < -0.3 is 15.0 Å². The van der Waals surface area contributed by atoms with Crippen LogP contribution in [0, 0.1) is 6.92 Å². The molecule has 0 aliphatic carbocycles. The van der Waals surface area contributed by atoms with Crippen LogP contribution in [0.25, 0.3) is 0 Å². The van der Waals surface area contributed by atoms with Crippen LogP contribution in [0.3, 0.4) is 0 Å². The molecule has 0 aliphatic heterocycles. The van der Waals surface area contributed by atoms with E-state index in [4.69, 9.17) is 4.74 Å². The molecule has 1 N–H and O–H groups in total. The van der Waals surface area contributed by atoms with Gasteiger partial charge in [-0.1, -0.05) is 24.6 Å². The molecule has 0 fully saturated rings. The van der Waals surface area contributed by atoms with Crippen LogP contribution in [-0.4, -0.2) is 32.8 Å². The van der Waals surface area contributed by atoms with Crippen molar-refractivity contribution in [3.05, 3.63) is 29.3 Å². The second kappa shape index (κ2) is 8.98. The molecule has 20 heavy (non-hydrogen) atoms. The highest BCUT2D eigenvalue weighted by molar-refractivity contribution is 5.55. The van der Waals surface area contributed by atoms with Crippen LogP contribution in [-0.2, 0) is 11.3 Å². The van der Waals surface area contributed by atoms with Crippen LogP contribution >= 0.6 is 0 Å². The van der Waals surface area contributed by atoms with Crippen LogP contribution in [0.4, 0.5) is 5.69 Å². The fourth-order valence-electron chi connectivity index (χ4n) is 2.47. The van der Waals surface area contributed by atoms with Crippen LogP contribution in [0.5, 0.6) is 0 Å². The van der Waals surface area contributed by atoms with Crippen molar-refractivity contribution in [1.82, 2.24) is 5.32 Å². The van der Waals surface area contributed by atoms with E-state index in [1.807, 2.05) is 0 Å². The lowest BCUT2D eigenvalue weighted by molar-refractivity contribution is 0.199. The van der Waals surface area contributed by atoms with Gasteiger partial charge in [0.05, 0.1) is 6.61 Å². The van der Waals surface area contributed by atoms with Gasteiger partial charge in [-0.15, -0.1) is 0 Å². The second-order valence-corrected chi connectivity index (χ2v) is 5.35. The first-order chi connectivity index (χ1) is 9.63. The first-order valence-electron chi connectivity index (χ1n) is 7.69. The standard InChI is InChI=1S/C17H30N2O/c1-6-15(4)19(7-2)17-9-8-14(3)12-16(17)13-18-10-11-20-5/h8-9,12,15,18H,6-7,10-11,13H2,1-5H3. The minimum Gasteiger partial charge on any atom is -0.383 e. The summed E-state index contributed by atoms with van der Waals surface area (Å²) in [6.07, 6.45) is 1.16. The first-order valence-corrected chi connectivity index (χ1v) is 7.69. The number of hydrogen-bond donors (Lipinski definition) is 1. The lowest BCUT2D eigenvalue weighted by Crippen LogP contribution is -2.33. The zero-order chi connectivity index (χ0) is 15.0. The summed E-state index contributed by atoms with van der Waals surface area (Å²) in [6.45, 7) is 12.5. The summed E-state index contributed by atoms with van der Waals surface area (Å²) in [5.41, 5.74) is 4.05. The van der Waals surface area contributed by atoms with Crippen LogP contribution in [0.2, 0.25) is 0 Å². The molecule has 1 rings (SSSR count). The third-order valence-electron chi connectivity index (χ3n) is 3.81. The average molecular weight is 278 g/mol. The number of hydrogen-bond acceptors (Lipinski definition) is 3. The van der Waals surface area contributed by atoms with Crippen molar-refractivity contribution >= 4 is 5.69 Å². The third kappa shape index (κ3) is 4.80. The van der Waals surface area contributed by atoms with Crippen LogP contribution in [0.1, 0.15) is 38.3 Å². The highest BCUT2D eigenvalue weighted by Gasteiger charge is 2.14. The molecule has 0 aliphatic rings. The Morgan fingerprint density at radius 1 is 1.30 bits per heavy atom. The molecule has 0 aromatic heterocycles. The number of rotatable bonds is 9. The van der Waals surface area contributed by atoms with Gasteiger partial charge in [0.25, 0.3) is 0 Å². The molecule has 114 valence electrons. The van der Waals surface area contributed by atoms with E-state index < -0.39 is 0 Å². The Kier molecular flexibility index (Phi) is 7.63. The number of nitrogens with zero attached hydrogens (tertiary/aromatic N) is 1. The van der Waals surface area contributed by atoms with Gasteiger partial charge in [0.2, 0.25) is 0 Å². The Hall–Kier alpha value is -1.06. The van der Waals surface area contributed by atoms with Crippen molar-refractivity contribution in [2.24, 2.45) is 0 Å². The number of aryl methyl sites for hydroxylation is 1. The van der Waals surface area contributed by atoms with Gasteiger partial charge in [-0.2, -0.15) is 0 Å². The number of nitrogens with one attached hydrogen (secondary N) is 1. The Labute approximate surface area is 124 Å². The quantitative estimate of drug-likeness (QED) is 0.701. The molecule has 0 heterocycles. The summed E-state index contributed by atoms with van der Waals surface area (Å²) < 4.78 is 5.09. The zero-order valence-electron chi connectivity index (χ0n) is 13.7. The topological polar surface area (TPSA) is 24.5 Å². The summed E-state index contributed by atoms with van der Waals surface area (Å²) >= 11 is 0. The van der Waals surface area contributed by atoms with E-state index >= 15 is 0 Å². The predicted octanol–water partition coefficient (Wildman–Crippen LogP) is 3.36. The zero-order valence-corrected chi connectivity index (χ0v) is 13.7. The van der Waals surface area contributed by atoms with Crippen molar-refractivity contribution in [3.63, 3.8) is 0 Å². The highest BCUT2D eigenvalue weighted by Crippen LogP contribution is 2.24. The molecule has 0 saturated heterocycles.